The van der Waals surface area contributed by atoms with Crippen molar-refractivity contribution in [1.82, 2.24) is 5.32 Å². The highest BCUT2D eigenvalue weighted by molar-refractivity contribution is 5.34. The summed E-state index contributed by atoms with van der Waals surface area (Å²) in [6, 6.07) is 4.92. The van der Waals surface area contributed by atoms with Crippen molar-refractivity contribution in [3.05, 3.63) is 42.2 Å². The van der Waals surface area contributed by atoms with Gasteiger partial charge in [-0.3, -0.25) is 0 Å². The summed E-state index contributed by atoms with van der Waals surface area (Å²) in [5.74, 6) is 0.455. The molecular weight excluding hydrogens is 217 g/mol. The average molecular weight is 237 g/mol. The lowest BCUT2D eigenvalue weighted by Crippen LogP contribution is -2.22. The molecule has 0 saturated carbocycles. The van der Waals surface area contributed by atoms with Gasteiger partial charge in [-0.25, -0.2) is 4.39 Å². The van der Waals surface area contributed by atoms with Crippen LogP contribution in [0.1, 0.15) is 26.3 Å². The lowest BCUT2D eigenvalue weighted by molar-refractivity contribution is 0.266. The lowest BCUT2D eigenvalue weighted by atomic mass is 10.2. The highest BCUT2D eigenvalue weighted by Crippen LogP contribution is 2.21. The van der Waals surface area contributed by atoms with Gasteiger partial charge in [0.2, 0.25) is 0 Å². The van der Waals surface area contributed by atoms with Gasteiger partial charge < -0.3 is 10.1 Å². The first-order valence-corrected chi connectivity index (χ1v) is 5.84. The Balaban J connectivity index is 2.83. The van der Waals surface area contributed by atoms with E-state index in [4.69, 9.17) is 4.74 Å². The SMILES string of the molecule is C=CC(C)Oc1ccc(F)cc1CNC(C)C. The van der Waals surface area contributed by atoms with Crippen LogP contribution < -0.4 is 10.1 Å². The zero-order chi connectivity index (χ0) is 12.8. The van der Waals surface area contributed by atoms with Crippen molar-refractivity contribution in [2.45, 2.75) is 39.5 Å². The second kappa shape index (κ2) is 6.40. The van der Waals surface area contributed by atoms with Crippen molar-refractivity contribution in [2.24, 2.45) is 0 Å². The Morgan fingerprint density at radius 3 is 2.71 bits per heavy atom. The van der Waals surface area contributed by atoms with Gasteiger partial charge in [0.05, 0.1) is 0 Å². The molecule has 1 aromatic carbocycles. The van der Waals surface area contributed by atoms with Crippen molar-refractivity contribution in [1.29, 1.82) is 0 Å². The van der Waals surface area contributed by atoms with Gasteiger partial charge in [-0.05, 0) is 25.1 Å². The molecule has 17 heavy (non-hydrogen) atoms. The van der Waals surface area contributed by atoms with E-state index >= 15 is 0 Å². The second-order valence-corrected chi connectivity index (χ2v) is 4.35. The summed E-state index contributed by atoms with van der Waals surface area (Å²) in [7, 11) is 0. The van der Waals surface area contributed by atoms with Crippen LogP contribution in [-0.2, 0) is 6.54 Å². The Labute approximate surface area is 102 Å². The Hall–Kier alpha value is -1.35. The Morgan fingerprint density at radius 1 is 1.41 bits per heavy atom. The van der Waals surface area contributed by atoms with Gasteiger partial charge in [-0.1, -0.05) is 26.5 Å². The van der Waals surface area contributed by atoms with Crippen molar-refractivity contribution in [3.8, 4) is 5.75 Å². The summed E-state index contributed by atoms with van der Waals surface area (Å²) in [4.78, 5) is 0. The number of hydrogen-bond acceptors (Lipinski definition) is 2. The van der Waals surface area contributed by atoms with E-state index in [2.05, 4.69) is 11.9 Å². The predicted octanol–water partition coefficient (Wildman–Crippen LogP) is 3.28. The van der Waals surface area contributed by atoms with E-state index in [-0.39, 0.29) is 11.9 Å². The molecular formula is C14H20FNO. The van der Waals surface area contributed by atoms with E-state index in [9.17, 15) is 4.39 Å². The van der Waals surface area contributed by atoms with Crippen LogP contribution in [0.3, 0.4) is 0 Å². The minimum atomic E-state index is -0.246. The Bertz CT molecular complexity index is 376. The molecule has 1 atom stereocenters. The number of halogens is 1. The predicted molar refractivity (Wildman–Crippen MR) is 68.7 cm³/mol. The number of nitrogens with one attached hydrogen (secondary N) is 1. The monoisotopic (exact) mass is 237 g/mol. The van der Waals surface area contributed by atoms with Crippen LogP contribution >= 0.6 is 0 Å². The van der Waals surface area contributed by atoms with Gasteiger partial charge >= 0.3 is 0 Å². The molecule has 0 spiro atoms. The molecule has 94 valence electrons. The molecule has 0 saturated heterocycles. The summed E-state index contributed by atoms with van der Waals surface area (Å²) in [6.45, 7) is 10.2. The normalized spacial score (nSPS) is 12.5. The van der Waals surface area contributed by atoms with Crippen molar-refractivity contribution >= 4 is 0 Å². The number of rotatable bonds is 6. The zero-order valence-corrected chi connectivity index (χ0v) is 10.7. The Kier molecular flexibility index (Phi) is 5.16. The third-order valence-corrected chi connectivity index (χ3v) is 2.37. The van der Waals surface area contributed by atoms with E-state index in [0.717, 1.165) is 5.56 Å². The van der Waals surface area contributed by atoms with E-state index in [1.807, 2.05) is 20.8 Å². The van der Waals surface area contributed by atoms with Gasteiger partial charge in [-0.2, -0.15) is 0 Å². The maximum Gasteiger partial charge on any atom is 0.124 e. The highest BCUT2D eigenvalue weighted by Gasteiger charge is 2.08. The standard InChI is InChI=1S/C14H20FNO/c1-5-11(4)17-14-7-6-13(15)8-12(14)9-16-10(2)3/h5-8,10-11,16H,1,9H2,2-4H3. The van der Waals surface area contributed by atoms with Crippen LogP contribution in [0.4, 0.5) is 4.39 Å². The van der Waals surface area contributed by atoms with Gasteiger partial charge in [0, 0.05) is 18.2 Å². The maximum absolute atomic E-state index is 13.2. The summed E-state index contributed by atoms with van der Waals surface area (Å²) < 4.78 is 18.8. The third-order valence-electron chi connectivity index (χ3n) is 2.37. The molecule has 2 nitrogen and oxygen atoms in total. The minimum absolute atomic E-state index is 0.0849. The highest BCUT2D eigenvalue weighted by atomic mass is 19.1. The fourth-order valence-corrected chi connectivity index (χ4v) is 1.36. The Morgan fingerprint density at radius 2 is 2.12 bits per heavy atom. The molecule has 0 aliphatic rings. The van der Waals surface area contributed by atoms with Gasteiger partial charge in [0.25, 0.3) is 0 Å². The molecule has 0 amide bonds. The van der Waals surface area contributed by atoms with Crippen LogP contribution in [0.25, 0.3) is 0 Å². The molecule has 1 N–H and O–H groups in total. The second-order valence-electron chi connectivity index (χ2n) is 4.35. The molecule has 0 aliphatic carbocycles. The summed E-state index contributed by atoms with van der Waals surface area (Å²) >= 11 is 0. The topological polar surface area (TPSA) is 21.3 Å². The summed E-state index contributed by atoms with van der Waals surface area (Å²) in [5, 5.41) is 3.25. The zero-order valence-electron chi connectivity index (χ0n) is 10.7. The van der Waals surface area contributed by atoms with Crippen LogP contribution in [-0.4, -0.2) is 12.1 Å². The molecule has 1 unspecified atom stereocenters. The van der Waals surface area contributed by atoms with Gasteiger partial charge in [-0.15, -0.1) is 0 Å². The molecule has 0 heterocycles. The number of ether oxygens (including phenoxy) is 1. The van der Waals surface area contributed by atoms with E-state index < -0.39 is 0 Å². The average Bonchev–Trinajstić information content (AvgIpc) is 2.29. The smallest absolute Gasteiger partial charge is 0.124 e. The molecule has 0 aliphatic heterocycles. The number of benzene rings is 1. The number of hydrogen-bond donors (Lipinski definition) is 1. The molecule has 1 rings (SSSR count). The lowest BCUT2D eigenvalue weighted by Gasteiger charge is -2.16. The van der Waals surface area contributed by atoms with Crippen LogP contribution in [0, 0.1) is 5.82 Å². The first kappa shape index (κ1) is 13.7. The molecule has 0 radical (unpaired) electrons. The molecule has 0 bridgehead atoms. The largest absolute Gasteiger partial charge is 0.486 e. The van der Waals surface area contributed by atoms with Crippen molar-refractivity contribution in [3.63, 3.8) is 0 Å². The minimum Gasteiger partial charge on any atom is -0.486 e. The van der Waals surface area contributed by atoms with Crippen LogP contribution in [0.2, 0.25) is 0 Å². The molecule has 3 heteroatoms. The maximum atomic E-state index is 13.2. The molecule has 1 aromatic rings. The van der Waals surface area contributed by atoms with E-state index in [0.29, 0.717) is 18.3 Å². The first-order chi connectivity index (χ1) is 8.02. The fourth-order valence-electron chi connectivity index (χ4n) is 1.36. The van der Waals surface area contributed by atoms with Gasteiger partial charge in [0.15, 0.2) is 0 Å². The van der Waals surface area contributed by atoms with Crippen LogP contribution in [0.15, 0.2) is 30.9 Å². The third kappa shape index (κ3) is 4.57. The summed E-state index contributed by atoms with van der Waals surface area (Å²) in [6.07, 6.45) is 1.63. The van der Waals surface area contributed by atoms with Crippen molar-refractivity contribution in [2.75, 3.05) is 0 Å². The molecule has 0 fully saturated rings. The first-order valence-electron chi connectivity index (χ1n) is 5.84. The van der Waals surface area contributed by atoms with E-state index in [1.165, 1.54) is 12.1 Å². The quantitative estimate of drug-likeness (QED) is 0.767. The van der Waals surface area contributed by atoms with E-state index in [1.54, 1.807) is 12.1 Å². The van der Waals surface area contributed by atoms with Crippen molar-refractivity contribution < 1.29 is 9.13 Å². The van der Waals surface area contributed by atoms with Gasteiger partial charge in [0.1, 0.15) is 17.7 Å². The summed E-state index contributed by atoms with van der Waals surface area (Å²) in [5.41, 5.74) is 0.826. The molecule has 0 aromatic heterocycles. The van der Waals surface area contributed by atoms with Crippen LogP contribution in [0.5, 0.6) is 5.75 Å². The fraction of sp³-hybridized carbons (Fsp3) is 0.429.